The molecule has 0 radical (unpaired) electrons. The Morgan fingerprint density at radius 1 is 1.03 bits per heavy atom. The van der Waals surface area contributed by atoms with Gasteiger partial charge in [-0.15, -0.1) is 14.9 Å². The SMILES string of the molecule is CC(=O)OC(/C=C/c1ccccc1)c1cccc2nnn(N(C(C)=O)C(=O)OC(C)(C)C)c12. The molecule has 1 atom stereocenters. The fraction of sp³-hybridized carbons (Fsp3) is 0.292. The molecule has 0 saturated heterocycles. The van der Waals surface area contributed by atoms with Crippen molar-refractivity contribution < 1.29 is 23.9 Å². The third-order valence-electron chi connectivity index (χ3n) is 4.40. The van der Waals surface area contributed by atoms with Gasteiger partial charge in [0.1, 0.15) is 22.7 Å². The van der Waals surface area contributed by atoms with E-state index in [9.17, 15) is 14.4 Å². The largest absolute Gasteiger partial charge is 0.453 e. The monoisotopic (exact) mass is 450 g/mol. The zero-order chi connectivity index (χ0) is 24.2. The van der Waals surface area contributed by atoms with Crippen LogP contribution in [0.3, 0.4) is 0 Å². The van der Waals surface area contributed by atoms with Gasteiger partial charge >= 0.3 is 12.1 Å². The van der Waals surface area contributed by atoms with Gasteiger partial charge in [0.15, 0.2) is 0 Å². The normalized spacial score (nSPS) is 12.5. The number of hydrogen-bond acceptors (Lipinski definition) is 7. The molecular weight excluding hydrogens is 424 g/mol. The summed E-state index contributed by atoms with van der Waals surface area (Å²) >= 11 is 0. The average Bonchev–Trinajstić information content (AvgIpc) is 3.14. The molecule has 33 heavy (non-hydrogen) atoms. The van der Waals surface area contributed by atoms with Gasteiger partial charge in [0, 0.05) is 19.4 Å². The lowest BCUT2D eigenvalue weighted by molar-refractivity contribution is -0.144. The summed E-state index contributed by atoms with van der Waals surface area (Å²) in [5.41, 5.74) is 1.32. The van der Waals surface area contributed by atoms with Crippen molar-refractivity contribution in [2.75, 3.05) is 5.01 Å². The second-order valence-corrected chi connectivity index (χ2v) is 8.30. The molecule has 172 valence electrons. The van der Waals surface area contributed by atoms with Gasteiger partial charge in [-0.3, -0.25) is 9.59 Å². The quantitative estimate of drug-likeness (QED) is 0.538. The third-order valence-corrected chi connectivity index (χ3v) is 4.40. The highest BCUT2D eigenvalue weighted by Crippen LogP contribution is 2.28. The van der Waals surface area contributed by atoms with Crippen LogP contribution in [0.5, 0.6) is 0 Å². The maximum atomic E-state index is 12.8. The molecule has 3 aromatic rings. The summed E-state index contributed by atoms with van der Waals surface area (Å²) in [7, 11) is 0. The number of rotatable bonds is 5. The molecule has 0 aliphatic rings. The molecule has 0 aliphatic heterocycles. The molecule has 9 nitrogen and oxygen atoms in total. The highest BCUT2D eigenvalue weighted by Gasteiger charge is 2.30. The molecule has 9 heteroatoms. The van der Waals surface area contributed by atoms with E-state index in [1.54, 1.807) is 45.0 Å². The predicted octanol–water partition coefficient (Wildman–Crippen LogP) is 4.17. The number of carbonyl (C=O) groups excluding carboxylic acids is 3. The molecular formula is C24H26N4O5. The number of esters is 1. The van der Waals surface area contributed by atoms with Crippen LogP contribution in [0.15, 0.2) is 54.6 Å². The minimum absolute atomic E-state index is 0.336. The van der Waals surface area contributed by atoms with E-state index in [4.69, 9.17) is 9.47 Å². The summed E-state index contributed by atoms with van der Waals surface area (Å²) in [6, 6.07) is 14.6. The molecule has 1 heterocycles. The van der Waals surface area contributed by atoms with Gasteiger partial charge in [0.25, 0.3) is 0 Å². The second-order valence-electron chi connectivity index (χ2n) is 8.30. The topological polar surface area (TPSA) is 104 Å². The fourth-order valence-corrected chi connectivity index (χ4v) is 3.14. The van der Waals surface area contributed by atoms with Gasteiger partial charge in [-0.05, 0) is 43.7 Å². The Bertz CT molecular complexity index is 1190. The van der Waals surface area contributed by atoms with Gasteiger partial charge in [-0.2, -0.15) is 0 Å². The van der Waals surface area contributed by atoms with E-state index in [1.807, 2.05) is 36.4 Å². The van der Waals surface area contributed by atoms with Crippen LogP contribution in [0.25, 0.3) is 17.1 Å². The van der Waals surface area contributed by atoms with E-state index in [2.05, 4.69) is 10.3 Å². The van der Waals surface area contributed by atoms with Crippen LogP contribution in [0.1, 0.15) is 51.8 Å². The Kier molecular flexibility index (Phi) is 6.91. The van der Waals surface area contributed by atoms with Crippen LogP contribution in [-0.4, -0.2) is 38.7 Å². The van der Waals surface area contributed by atoms with Crippen LogP contribution in [0, 0.1) is 0 Å². The van der Waals surface area contributed by atoms with Gasteiger partial charge in [0.05, 0.1) is 0 Å². The van der Waals surface area contributed by atoms with Crippen molar-refractivity contribution in [2.24, 2.45) is 0 Å². The molecule has 0 fully saturated rings. The molecule has 2 aromatic carbocycles. The standard InChI is InChI=1S/C24H26N4O5/c1-16(29)27(23(31)33-24(3,4)5)28-22-19(12-9-13-20(22)25-26-28)21(32-17(2)30)15-14-18-10-7-6-8-11-18/h6-15,21H,1-5H3/b15-14+. The van der Waals surface area contributed by atoms with Crippen molar-refractivity contribution in [1.82, 2.24) is 15.1 Å². The van der Waals surface area contributed by atoms with Gasteiger partial charge in [0.2, 0.25) is 5.91 Å². The third kappa shape index (κ3) is 5.82. The van der Waals surface area contributed by atoms with Crippen molar-refractivity contribution in [3.8, 4) is 0 Å². The number of amides is 2. The highest BCUT2D eigenvalue weighted by molar-refractivity contribution is 6.05. The molecule has 1 unspecified atom stereocenters. The maximum absolute atomic E-state index is 12.8. The van der Waals surface area contributed by atoms with Crippen LogP contribution in [0.4, 0.5) is 4.79 Å². The molecule has 3 rings (SSSR count). The molecule has 0 aliphatic carbocycles. The first kappa shape index (κ1) is 23.6. The first-order valence-electron chi connectivity index (χ1n) is 10.4. The van der Waals surface area contributed by atoms with E-state index >= 15 is 0 Å². The Balaban J connectivity index is 2.13. The first-order chi connectivity index (χ1) is 15.6. The van der Waals surface area contributed by atoms with Crippen LogP contribution < -0.4 is 5.01 Å². The predicted molar refractivity (Wildman–Crippen MR) is 123 cm³/mol. The molecule has 1 aromatic heterocycles. The van der Waals surface area contributed by atoms with Crippen LogP contribution >= 0.6 is 0 Å². The van der Waals surface area contributed by atoms with Crippen molar-refractivity contribution in [1.29, 1.82) is 0 Å². The first-order valence-corrected chi connectivity index (χ1v) is 10.4. The number of ether oxygens (including phenoxy) is 2. The van der Waals surface area contributed by atoms with Gasteiger partial charge < -0.3 is 9.47 Å². The molecule has 0 N–H and O–H groups in total. The van der Waals surface area contributed by atoms with Crippen molar-refractivity contribution in [3.05, 3.63) is 65.7 Å². The highest BCUT2D eigenvalue weighted by atomic mass is 16.6. The van der Waals surface area contributed by atoms with E-state index < -0.39 is 29.7 Å². The fourth-order valence-electron chi connectivity index (χ4n) is 3.14. The minimum atomic E-state index is -0.902. The maximum Gasteiger partial charge on any atom is 0.438 e. The lowest BCUT2D eigenvalue weighted by Crippen LogP contribution is -2.47. The van der Waals surface area contributed by atoms with Crippen LogP contribution in [0.2, 0.25) is 0 Å². The number of aromatic nitrogens is 3. The lowest BCUT2D eigenvalue weighted by atomic mass is 10.1. The summed E-state index contributed by atoms with van der Waals surface area (Å²) in [4.78, 5) is 38.2. The number of hydrogen-bond donors (Lipinski definition) is 0. The number of imide groups is 1. The summed E-state index contributed by atoms with van der Waals surface area (Å²) in [5.74, 6) is -1.11. The van der Waals surface area contributed by atoms with Crippen molar-refractivity contribution >= 4 is 35.1 Å². The Morgan fingerprint density at radius 3 is 2.33 bits per heavy atom. The van der Waals surface area contributed by atoms with Gasteiger partial charge in [-0.1, -0.05) is 48.5 Å². The number of benzene rings is 2. The Morgan fingerprint density at radius 2 is 1.73 bits per heavy atom. The number of fused-ring (bicyclic) bond motifs is 1. The van der Waals surface area contributed by atoms with Crippen LogP contribution in [-0.2, 0) is 19.1 Å². The van der Waals surface area contributed by atoms with Gasteiger partial charge in [-0.25, -0.2) is 4.79 Å². The smallest absolute Gasteiger partial charge is 0.438 e. The number of nitrogens with zero attached hydrogens (tertiary/aromatic N) is 4. The molecule has 0 saturated carbocycles. The number of carbonyl (C=O) groups is 3. The Hall–Kier alpha value is -4.01. The Labute approximate surface area is 191 Å². The van der Waals surface area contributed by atoms with E-state index in [-0.39, 0.29) is 0 Å². The average molecular weight is 450 g/mol. The van der Waals surface area contributed by atoms with E-state index in [0.717, 1.165) is 15.4 Å². The van der Waals surface area contributed by atoms with Crippen molar-refractivity contribution in [3.63, 3.8) is 0 Å². The summed E-state index contributed by atoms with van der Waals surface area (Å²) in [5, 5.41) is 8.86. The second kappa shape index (κ2) is 9.64. The molecule has 0 bridgehead atoms. The zero-order valence-electron chi connectivity index (χ0n) is 19.2. The molecule has 0 spiro atoms. The minimum Gasteiger partial charge on any atom is -0.453 e. The number of para-hydroxylation sites is 1. The summed E-state index contributed by atoms with van der Waals surface area (Å²) < 4.78 is 10.9. The summed E-state index contributed by atoms with van der Waals surface area (Å²) in [6.45, 7) is 7.61. The van der Waals surface area contributed by atoms with Crippen molar-refractivity contribution in [2.45, 2.75) is 46.3 Å². The summed E-state index contributed by atoms with van der Waals surface area (Å²) in [6.07, 6.45) is 1.81. The lowest BCUT2D eigenvalue weighted by Gasteiger charge is -2.25. The molecule has 2 amide bonds. The van der Waals surface area contributed by atoms with E-state index in [0.29, 0.717) is 16.6 Å². The zero-order valence-corrected chi connectivity index (χ0v) is 19.2. The van der Waals surface area contributed by atoms with E-state index in [1.165, 1.54) is 13.8 Å².